The highest BCUT2D eigenvalue weighted by Gasteiger charge is 2.17. The summed E-state index contributed by atoms with van der Waals surface area (Å²) in [5.41, 5.74) is 3.67. The molecule has 1 N–H and O–H groups in total. The molecular weight excluding hydrogens is 240 g/mol. The van der Waals surface area contributed by atoms with Gasteiger partial charge in [-0.1, -0.05) is 29.8 Å². The van der Waals surface area contributed by atoms with Gasteiger partial charge in [0.05, 0.1) is 10.7 Å². The minimum atomic E-state index is 0.0996. The molecule has 2 nitrogen and oxygen atoms in total. The van der Waals surface area contributed by atoms with Crippen molar-refractivity contribution in [1.29, 1.82) is 0 Å². The van der Waals surface area contributed by atoms with Gasteiger partial charge in [-0.25, -0.2) is 4.98 Å². The van der Waals surface area contributed by atoms with Crippen LogP contribution in [0.1, 0.15) is 24.4 Å². The molecule has 1 heterocycles. The van der Waals surface area contributed by atoms with Crippen molar-refractivity contribution in [2.24, 2.45) is 0 Å². The van der Waals surface area contributed by atoms with E-state index in [4.69, 9.17) is 4.98 Å². The lowest BCUT2D eigenvalue weighted by Gasteiger charge is -2.22. The minimum absolute atomic E-state index is 0.0996. The largest absolute Gasteiger partial charge is 0.314 e. The Morgan fingerprint density at radius 3 is 2.50 bits per heavy atom. The summed E-state index contributed by atoms with van der Waals surface area (Å²) in [6.07, 6.45) is 0.958. The van der Waals surface area contributed by atoms with Gasteiger partial charge in [-0.2, -0.15) is 0 Å². The van der Waals surface area contributed by atoms with Crippen molar-refractivity contribution in [3.05, 3.63) is 40.2 Å². The summed E-state index contributed by atoms with van der Waals surface area (Å²) in [5, 5.41) is 6.64. The van der Waals surface area contributed by atoms with Crippen molar-refractivity contribution in [2.45, 2.75) is 32.7 Å². The van der Waals surface area contributed by atoms with Crippen LogP contribution in [0.15, 0.2) is 29.6 Å². The molecule has 3 heteroatoms. The van der Waals surface area contributed by atoms with E-state index in [1.807, 2.05) is 7.05 Å². The summed E-state index contributed by atoms with van der Waals surface area (Å²) in [6, 6.07) is 8.53. The topological polar surface area (TPSA) is 24.9 Å². The molecule has 96 valence electrons. The molecule has 0 unspecified atom stereocenters. The molecule has 0 radical (unpaired) electrons. The van der Waals surface area contributed by atoms with Crippen LogP contribution < -0.4 is 5.32 Å². The fourth-order valence-corrected chi connectivity index (χ4v) is 2.75. The number of nitrogens with zero attached hydrogens (tertiary/aromatic N) is 1. The zero-order valence-electron chi connectivity index (χ0n) is 11.4. The van der Waals surface area contributed by atoms with Gasteiger partial charge in [-0.05, 0) is 27.8 Å². The van der Waals surface area contributed by atoms with Gasteiger partial charge >= 0.3 is 0 Å². The second kappa shape index (κ2) is 5.21. The van der Waals surface area contributed by atoms with Gasteiger partial charge in [-0.15, -0.1) is 11.3 Å². The third-order valence-corrected chi connectivity index (χ3v) is 4.02. The van der Waals surface area contributed by atoms with Gasteiger partial charge < -0.3 is 5.32 Å². The molecular formula is C15H20N2S. The predicted octanol–water partition coefficient (Wildman–Crippen LogP) is 3.66. The zero-order valence-corrected chi connectivity index (χ0v) is 12.3. The van der Waals surface area contributed by atoms with Crippen molar-refractivity contribution < 1.29 is 0 Å². The highest BCUT2D eigenvalue weighted by Crippen LogP contribution is 2.24. The molecule has 0 atom stereocenters. The van der Waals surface area contributed by atoms with E-state index in [1.54, 1.807) is 11.3 Å². The smallest absolute Gasteiger partial charge is 0.0950 e. The van der Waals surface area contributed by atoms with Gasteiger partial charge in [-0.3, -0.25) is 0 Å². The number of likely N-dealkylation sites (N-methyl/N-ethyl adjacent to an activating group) is 1. The molecule has 0 saturated carbocycles. The third-order valence-electron chi connectivity index (χ3n) is 3.17. The second-order valence-corrected chi connectivity index (χ2v) is 6.25. The Morgan fingerprint density at radius 2 is 1.89 bits per heavy atom. The van der Waals surface area contributed by atoms with Crippen LogP contribution in [0.5, 0.6) is 0 Å². The van der Waals surface area contributed by atoms with Gasteiger partial charge in [0.25, 0.3) is 0 Å². The number of aryl methyl sites for hydroxylation is 1. The fraction of sp³-hybridized carbons (Fsp3) is 0.400. The van der Waals surface area contributed by atoms with Crippen LogP contribution >= 0.6 is 11.3 Å². The van der Waals surface area contributed by atoms with Crippen LogP contribution in [0.3, 0.4) is 0 Å². The molecule has 1 aromatic carbocycles. The first-order valence-electron chi connectivity index (χ1n) is 6.20. The molecule has 2 rings (SSSR count). The maximum Gasteiger partial charge on any atom is 0.0950 e. The lowest BCUT2D eigenvalue weighted by molar-refractivity contribution is 0.421. The van der Waals surface area contributed by atoms with E-state index in [0.717, 1.165) is 12.1 Å². The molecule has 0 aliphatic rings. The van der Waals surface area contributed by atoms with Gasteiger partial charge in [0.15, 0.2) is 0 Å². The monoisotopic (exact) mass is 260 g/mol. The second-order valence-electron chi connectivity index (χ2n) is 5.30. The average Bonchev–Trinajstić information content (AvgIpc) is 2.78. The van der Waals surface area contributed by atoms with Crippen molar-refractivity contribution in [3.63, 3.8) is 0 Å². The Morgan fingerprint density at radius 1 is 1.22 bits per heavy atom. The van der Waals surface area contributed by atoms with Crippen LogP contribution in [-0.2, 0) is 6.42 Å². The van der Waals surface area contributed by atoms with Crippen LogP contribution in [0.25, 0.3) is 11.3 Å². The van der Waals surface area contributed by atoms with Gasteiger partial charge in [0.1, 0.15) is 0 Å². The normalized spacial score (nSPS) is 11.8. The summed E-state index contributed by atoms with van der Waals surface area (Å²) in [7, 11) is 1.99. The van der Waals surface area contributed by atoms with E-state index in [1.165, 1.54) is 16.1 Å². The molecule has 0 aliphatic heterocycles. The lowest BCUT2D eigenvalue weighted by Crippen LogP contribution is -2.38. The molecule has 0 fully saturated rings. The molecule has 0 amide bonds. The van der Waals surface area contributed by atoms with Crippen molar-refractivity contribution in [1.82, 2.24) is 10.3 Å². The zero-order chi connectivity index (χ0) is 13.2. The van der Waals surface area contributed by atoms with Crippen LogP contribution in [-0.4, -0.2) is 17.6 Å². The Bertz CT molecular complexity index is 512. The average molecular weight is 260 g/mol. The summed E-state index contributed by atoms with van der Waals surface area (Å²) in [4.78, 5) is 4.72. The number of nitrogens with one attached hydrogen (secondary N) is 1. The molecule has 0 aliphatic carbocycles. The van der Waals surface area contributed by atoms with E-state index in [2.05, 4.69) is 55.7 Å². The third kappa shape index (κ3) is 3.18. The molecule has 0 spiro atoms. The highest BCUT2D eigenvalue weighted by atomic mass is 32.1. The summed E-state index contributed by atoms with van der Waals surface area (Å²) < 4.78 is 0. The first-order chi connectivity index (χ1) is 8.50. The van der Waals surface area contributed by atoms with Crippen molar-refractivity contribution in [3.8, 4) is 11.3 Å². The van der Waals surface area contributed by atoms with Gasteiger partial charge in [0, 0.05) is 22.9 Å². The fourth-order valence-electron chi connectivity index (χ4n) is 1.72. The van der Waals surface area contributed by atoms with Crippen LogP contribution in [0.4, 0.5) is 0 Å². The van der Waals surface area contributed by atoms with Crippen LogP contribution in [0.2, 0.25) is 0 Å². The Kier molecular flexibility index (Phi) is 3.83. The number of hydrogen-bond acceptors (Lipinski definition) is 3. The van der Waals surface area contributed by atoms with E-state index in [9.17, 15) is 0 Å². The predicted molar refractivity (Wildman–Crippen MR) is 79.1 cm³/mol. The molecule has 0 saturated heterocycles. The first-order valence-corrected chi connectivity index (χ1v) is 7.08. The van der Waals surface area contributed by atoms with Gasteiger partial charge in [0.2, 0.25) is 0 Å². The Labute approximate surface area is 113 Å². The standard InChI is InChI=1S/C15H20N2S/c1-11-5-7-12(8-6-11)13-10-18-14(17-13)9-15(2,3)16-4/h5-8,10,16H,9H2,1-4H3. The summed E-state index contributed by atoms with van der Waals surface area (Å²) in [6.45, 7) is 6.49. The van der Waals surface area contributed by atoms with E-state index in [0.29, 0.717) is 0 Å². The molecule has 2 aromatic rings. The van der Waals surface area contributed by atoms with Crippen LogP contribution in [0, 0.1) is 6.92 Å². The number of aromatic nitrogens is 1. The van der Waals surface area contributed by atoms with E-state index in [-0.39, 0.29) is 5.54 Å². The van der Waals surface area contributed by atoms with E-state index < -0.39 is 0 Å². The Balaban J connectivity index is 2.18. The first kappa shape index (κ1) is 13.2. The lowest BCUT2D eigenvalue weighted by atomic mass is 10.0. The molecule has 1 aromatic heterocycles. The van der Waals surface area contributed by atoms with Crippen molar-refractivity contribution in [2.75, 3.05) is 7.05 Å². The van der Waals surface area contributed by atoms with E-state index >= 15 is 0 Å². The maximum atomic E-state index is 4.72. The highest BCUT2D eigenvalue weighted by molar-refractivity contribution is 7.09. The number of thiazole rings is 1. The minimum Gasteiger partial charge on any atom is -0.314 e. The Hall–Kier alpha value is -1.19. The quantitative estimate of drug-likeness (QED) is 0.907. The summed E-state index contributed by atoms with van der Waals surface area (Å²) >= 11 is 1.74. The number of rotatable bonds is 4. The summed E-state index contributed by atoms with van der Waals surface area (Å²) in [5.74, 6) is 0. The number of benzene rings is 1. The molecule has 18 heavy (non-hydrogen) atoms. The SMILES string of the molecule is CNC(C)(C)Cc1nc(-c2ccc(C)cc2)cs1. The number of hydrogen-bond donors (Lipinski definition) is 1. The molecule has 0 bridgehead atoms. The van der Waals surface area contributed by atoms with Crippen molar-refractivity contribution >= 4 is 11.3 Å². The maximum absolute atomic E-state index is 4.72.